The Morgan fingerprint density at radius 1 is 1.11 bits per heavy atom. The third-order valence-electron chi connectivity index (χ3n) is 4.00. The molecular weight excluding hydrogens is 362 g/mol. The van der Waals surface area contributed by atoms with E-state index in [4.69, 9.17) is 4.74 Å². The van der Waals surface area contributed by atoms with Gasteiger partial charge in [0.15, 0.2) is 5.16 Å². The number of carbonyl (C=O) groups is 1. The fourth-order valence-electron chi connectivity index (χ4n) is 2.71. The van der Waals surface area contributed by atoms with Crippen LogP contribution in [-0.4, -0.2) is 38.2 Å². The van der Waals surface area contributed by atoms with Crippen LogP contribution >= 0.6 is 11.8 Å². The van der Waals surface area contributed by atoms with Gasteiger partial charge in [-0.1, -0.05) is 54.2 Å². The SMILES string of the molecule is CCn1c(Cc2ccccc2)nnc1SCCOc1ccccc1C(=O)O. The van der Waals surface area contributed by atoms with Crippen molar-refractivity contribution in [2.45, 2.75) is 25.0 Å². The summed E-state index contributed by atoms with van der Waals surface area (Å²) in [5.41, 5.74) is 1.37. The summed E-state index contributed by atoms with van der Waals surface area (Å²) in [6.07, 6.45) is 0.741. The third-order valence-corrected chi connectivity index (χ3v) is 4.94. The molecule has 1 N–H and O–H groups in total. The number of aromatic carboxylic acids is 1. The minimum atomic E-state index is -0.991. The molecule has 7 heteroatoms. The van der Waals surface area contributed by atoms with Crippen molar-refractivity contribution in [1.82, 2.24) is 14.8 Å². The number of ether oxygens (including phenoxy) is 1. The van der Waals surface area contributed by atoms with E-state index in [1.807, 2.05) is 18.2 Å². The summed E-state index contributed by atoms with van der Waals surface area (Å²) in [7, 11) is 0. The van der Waals surface area contributed by atoms with Crippen molar-refractivity contribution in [3.63, 3.8) is 0 Å². The molecule has 1 heterocycles. The van der Waals surface area contributed by atoms with Crippen LogP contribution in [-0.2, 0) is 13.0 Å². The van der Waals surface area contributed by atoms with Crippen molar-refractivity contribution in [2.24, 2.45) is 0 Å². The molecule has 0 spiro atoms. The number of carboxylic acids is 1. The van der Waals surface area contributed by atoms with Crippen LogP contribution in [0.3, 0.4) is 0 Å². The van der Waals surface area contributed by atoms with E-state index in [0.29, 0.717) is 18.1 Å². The Balaban J connectivity index is 1.58. The summed E-state index contributed by atoms with van der Waals surface area (Å²) in [5.74, 6) is 0.974. The van der Waals surface area contributed by atoms with Gasteiger partial charge in [-0.2, -0.15) is 0 Å². The topological polar surface area (TPSA) is 77.2 Å². The van der Waals surface area contributed by atoms with Crippen molar-refractivity contribution in [3.8, 4) is 5.75 Å². The van der Waals surface area contributed by atoms with E-state index >= 15 is 0 Å². The van der Waals surface area contributed by atoms with Crippen LogP contribution in [0.1, 0.15) is 28.7 Å². The Morgan fingerprint density at radius 2 is 1.85 bits per heavy atom. The molecule has 0 saturated carbocycles. The molecule has 0 bridgehead atoms. The normalized spacial score (nSPS) is 10.7. The standard InChI is InChI=1S/C20H21N3O3S/c1-2-23-18(14-15-8-4-3-5-9-15)21-22-20(23)27-13-12-26-17-11-7-6-10-16(17)19(24)25/h3-11H,2,12-14H2,1H3,(H,24,25). The molecule has 2 aromatic carbocycles. The average Bonchev–Trinajstić information content (AvgIpc) is 3.07. The van der Waals surface area contributed by atoms with Crippen LogP contribution < -0.4 is 4.74 Å². The van der Waals surface area contributed by atoms with Crippen LogP contribution in [0.4, 0.5) is 0 Å². The lowest BCUT2D eigenvalue weighted by Crippen LogP contribution is -2.07. The Labute approximate surface area is 162 Å². The van der Waals surface area contributed by atoms with Crippen molar-refractivity contribution in [2.75, 3.05) is 12.4 Å². The molecule has 0 aliphatic rings. The first-order valence-electron chi connectivity index (χ1n) is 8.73. The first kappa shape index (κ1) is 19.0. The zero-order valence-electron chi connectivity index (χ0n) is 15.0. The lowest BCUT2D eigenvalue weighted by atomic mass is 10.1. The molecular formula is C20H21N3O3S. The fourth-order valence-corrected chi connectivity index (χ4v) is 3.54. The molecule has 0 aliphatic heterocycles. The molecule has 0 amide bonds. The molecule has 3 aromatic rings. The number of nitrogens with zero attached hydrogens (tertiary/aromatic N) is 3. The number of hydrogen-bond donors (Lipinski definition) is 1. The molecule has 0 saturated heterocycles. The molecule has 140 valence electrons. The number of hydrogen-bond acceptors (Lipinski definition) is 5. The minimum absolute atomic E-state index is 0.171. The molecule has 0 fully saturated rings. The van der Waals surface area contributed by atoms with E-state index in [1.165, 1.54) is 11.6 Å². The van der Waals surface area contributed by atoms with Crippen LogP contribution in [0.5, 0.6) is 5.75 Å². The smallest absolute Gasteiger partial charge is 0.339 e. The van der Waals surface area contributed by atoms with Gasteiger partial charge in [-0.25, -0.2) is 4.79 Å². The summed E-state index contributed by atoms with van der Waals surface area (Å²) in [6, 6.07) is 16.8. The van der Waals surface area contributed by atoms with Crippen molar-refractivity contribution < 1.29 is 14.6 Å². The predicted octanol–water partition coefficient (Wildman–Crippen LogP) is 3.76. The molecule has 0 atom stereocenters. The van der Waals surface area contributed by atoms with Gasteiger partial charge in [0.25, 0.3) is 0 Å². The molecule has 6 nitrogen and oxygen atoms in total. The summed E-state index contributed by atoms with van der Waals surface area (Å²) in [4.78, 5) is 11.2. The lowest BCUT2D eigenvalue weighted by molar-refractivity contribution is 0.0692. The molecule has 3 rings (SSSR count). The summed E-state index contributed by atoms with van der Waals surface area (Å²) in [6.45, 7) is 3.25. The number of para-hydroxylation sites is 1. The number of benzene rings is 2. The van der Waals surface area contributed by atoms with Gasteiger partial charge >= 0.3 is 5.97 Å². The van der Waals surface area contributed by atoms with E-state index in [0.717, 1.165) is 23.9 Å². The summed E-state index contributed by atoms with van der Waals surface area (Å²) >= 11 is 1.55. The maximum absolute atomic E-state index is 11.2. The second-order valence-electron chi connectivity index (χ2n) is 5.80. The van der Waals surface area contributed by atoms with Gasteiger partial charge in [-0.3, -0.25) is 0 Å². The monoisotopic (exact) mass is 383 g/mol. The highest BCUT2D eigenvalue weighted by Gasteiger charge is 2.13. The number of rotatable bonds is 9. The first-order valence-corrected chi connectivity index (χ1v) is 9.71. The van der Waals surface area contributed by atoms with Crippen LogP contribution in [0.2, 0.25) is 0 Å². The Hall–Kier alpha value is -2.80. The number of aromatic nitrogens is 3. The highest BCUT2D eigenvalue weighted by molar-refractivity contribution is 7.99. The van der Waals surface area contributed by atoms with Gasteiger partial charge in [0.05, 0.1) is 6.61 Å². The van der Waals surface area contributed by atoms with Crippen LogP contribution in [0.15, 0.2) is 59.8 Å². The van der Waals surface area contributed by atoms with E-state index in [9.17, 15) is 9.90 Å². The van der Waals surface area contributed by atoms with E-state index in [2.05, 4.69) is 33.8 Å². The zero-order chi connectivity index (χ0) is 19.1. The molecule has 1 aromatic heterocycles. The molecule has 0 radical (unpaired) electrons. The third kappa shape index (κ3) is 4.89. The number of thioether (sulfide) groups is 1. The van der Waals surface area contributed by atoms with E-state index in [1.54, 1.807) is 30.0 Å². The predicted molar refractivity (Wildman–Crippen MR) is 105 cm³/mol. The largest absolute Gasteiger partial charge is 0.492 e. The maximum Gasteiger partial charge on any atom is 0.339 e. The molecule has 27 heavy (non-hydrogen) atoms. The summed E-state index contributed by atoms with van der Waals surface area (Å²) in [5, 5.41) is 18.7. The lowest BCUT2D eigenvalue weighted by Gasteiger charge is -2.09. The fraction of sp³-hybridized carbons (Fsp3) is 0.250. The van der Waals surface area contributed by atoms with Crippen molar-refractivity contribution in [3.05, 3.63) is 71.5 Å². The first-order chi connectivity index (χ1) is 13.2. The maximum atomic E-state index is 11.2. The van der Waals surface area contributed by atoms with Crippen LogP contribution in [0.25, 0.3) is 0 Å². The van der Waals surface area contributed by atoms with Crippen LogP contribution in [0, 0.1) is 0 Å². The minimum Gasteiger partial charge on any atom is -0.492 e. The molecule has 0 aliphatic carbocycles. The van der Waals surface area contributed by atoms with Crippen molar-refractivity contribution >= 4 is 17.7 Å². The zero-order valence-corrected chi connectivity index (χ0v) is 15.9. The average molecular weight is 383 g/mol. The van der Waals surface area contributed by atoms with Gasteiger partial charge in [-0.05, 0) is 24.6 Å². The van der Waals surface area contributed by atoms with E-state index in [-0.39, 0.29) is 5.56 Å². The van der Waals surface area contributed by atoms with Gasteiger partial charge in [0.2, 0.25) is 0 Å². The quantitative estimate of drug-likeness (QED) is 0.448. The van der Waals surface area contributed by atoms with Gasteiger partial charge in [0, 0.05) is 18.7 Å². The highest BCUT2D eigenvalue weighted by atomic mass is 32.2. The highest BCUT2D eigenvalue weighted by Crippen LogP contribution is 2.21. The Morgan fingerprint density at radius 3 is 2.59 bits per heavy atom. The van der Waals surface area contributed by atoms with Gasteiger partial charge < -0.3 is 14.4 Å². The Bertz CT molecular complexity index is 896. The van der Waals surface area contributed by atoms with Gasteiger partial charge in [0.1, 0.15) is 17.1 Å². The number of carboxylic acid groups (broad SMARTS) is 1. The van der Waals surface area contributed by atoms with Crippen molar-refractivity contribution in [1.29, 1.82) is 0 Å². The Kier molecular flexibility index (Phi) is 6.49. The van der Waals surface area contributed by atoms with Gasteiger partial charge in [-0.15, -0.1) is 10.2 Å². The van der Waals surface area contributed by atoms with E-state index < -0.39 is 5.97 Å². The second-order valence-corrected chi connectivity index (χ2v) is 6.87. The molecule has 0 unspecified atom stereocenters. The summed E-state index contributed by atoms with van der Waals surface area (Å²) < 4.78 is 7.74. The second kappa shape index (κ2) is 9.23.